The van der Waals surface area contributed by atoms with E-state index in [0.717, 1.165) is 32.5 Å². The van der Waals surface area contributed by atoms with Crippen molar-refractivity contribution in [3.8, 4) is 17.1 Å². The van der Waals surface area contributed by atoms with Crippen molar-refractivity contribution >= 4 is 39.3 Å². The Morgan fingerprint density at radius 3 is 2.43 bits per heavy atom. The first-order chi connectivity index (χ1) is 13.6. The Balaban J connectivity index is 1.73. The van der Waals surface area contributed by atoms with Gasteiger partial charge in [0.25, 0.3) is 0 Å². The van der Waals surface area contributed by atoms with Crippen LogP contribution in [0.25, 0.3) is 17.1 Å². The van der Waals surface area contributed by atoms with E-state index in [-0.39, 0.29) is 0 Å². The third-order valence-corrected chi connectivity index (χ3v) is 6.06. The molecule has 1 heterocycles. The van der Waals surface area contributed by atoms with Gasteiger partial charge in [-0.05, 0) is 66.6 Å². The smallest absolute Gasteiger partial charge is 0.196 e. The molecular formula is C22H17BrClN3S. The van der Waals surface area contributed by atoms with Crippen LogP contribution in [-0.2, 0) is 5.75 Å². The molecule has 0 radical (unpaired) electrons. The molecule has 4 rings (SSSR count). The van der Waals surface area contributed by atoms with Crippen molar-refractivity contribution in [2.75, 3.05) is 0 Å². The fraction of sp³-hybridized carbons (Fsp3) is 0.0909. The van der Waals surface area contributed by atoms with Gasteiger partial charge in [-0.15, -0.1) is 10.2 Å². The normalized spacial score (nSPS) is 11.0. The number of thioether (sulfide) groups is 1. The van der Waals surface area contributed by atoms with Gasteiger partial charge in [-0.25, -0.2) is 0 Å². The Hall–Kier alpha value is -2.08. The van der Waals surface area contributed by atoms with E-state index in [1.54, 1.807) is 11.8 Å². The van der Waals surface area contributed by atoms with Crippen molar-refractivity contribution in [2.45, 2.75) is 17.8 Å². The average Bonchev–Trinajstić information content (AvgIpc) is 3.12. The molecule has 28 heavy (non-hydrogen) atoms. The first-order valence-corrected chi connectivity index (χ1v) is 10.9. The highest BCUT2D eigenvalue weighted by atomic mass is 79.9. The summed E-state index contributed by atoms with van der Waals surface area (Å²) in [5.74, 6) is 1.62. The van der Waals surface area contributed by atoms with Crippen molar-refractivity contribution in [1.82, 2.24) is 14.8 Å². The van der Waals surface area contributed by atoms with E-state index in [9.17, 15) is 0 Å². The van der Waals surface area contributed by atoms with Crippen LogP contribution in [0.4, 0.5) is 0 Å². The molecule has 6 heteroatoms. The molecule has 3 nitrogen and oxygen atoms in total. The predicted octanol–water partition coefficient (Wildman–Crippen LogP) is 6.95. The zero-order valence-corrected chi connectivity index (χ0v) is 18.3. The van der Waals surface area contributed by atoms with Crippen LogP contribution in [0.5, 0.6) is 0 Å². The summed E-state index contributed by atoms with van der Waals surface area (Å²) in [4.78, 5) is 0. The first-order valence-electron chi connectivity index (χ1n) is 8.76. The minimum Gasteiger partial charge on any atom is -0.270 e. The maximum atomic E-state index is 6.06. The van der Waals surface area contributed by atoms with E-state index in [0.29, 0.717) is 5.02 Å². The molecule has 0 aliphatic rings. The summed E-state index contributed by atoms with van der Waals surface area (Å²) < 4.78 is 3.19. The molecule has 0 saturated heterocycles. The monoisotopic (exact) mass is 469 g/mol. The molecule has 0 aliphatic carbocycles. The zero-order chi connectivity index (χ0) is 19.5. The second-order valence-electron chi connectivity index (χ2n) is 6.40. The van der Waals surface area contributed by atoms with Gasteiger partial charge in [-0.2, -0.15) is 0 Å². The highest BCUT2D eigenvalue weighted by molar-refractivity contribution is 9.10. The molecule has 0 aliphatic heterocycles. The Morgan fingerprint density at radius 1 is 0.964 bits per heavy atom. The van der Waals surface area contributed by atoms with Crippen LogP contribution in [0.15, 0.2) is 82.4 Å². The van der Waals surface area contributed by atoms with Crippen molar-refractivity contribution in [3.05, 3.63) is 93.4 Å². The Labute approximate surface area is 181 Å². The van der Waals surface area contributed by atoms with E-state index in [4.69, 9.17) is 11.6 Å². The van der Waals surface area contributed by atoms with E-state index in [1.165, 1.54) is 11.1 Å². The van der Waals surface area contributed by atoms with Gasteiger partial charge < -0.3 is 0 Å². The summed E-state index contributed by atoms with van der Waals surface area (Å²) >= 11 is 11.2. The highest BCUT2D eigenvalue weighted by Gasteiger charge is 2.16. The van der Waals surface area contributed by atoms with Crippen LogP contribution in [-0.4, -0.2) is 14.8 Å². The van der Waals surface area contributed by atoms with Crippen LogP contribution in [0.2, 0.25) is 5.02 Å². The maximum Gasteiger partial charge on any atom is 0.196 e. The SMILES string of the molecule is Cc1cccc(-n2c(SCc3ccc(Br)cc3)nnc2-c2ccc(Cl)cc2)c1. The van der Waals surface area contributed by atoms with Crippen LogP contribution in [0.1, 0.15) is 11.1 Å². The van der Waals surface area contributed by atoms with Crippen molar-refractivity contribution < 1.29 is 0 Å². The number of aryl methyl sites for hydroxylation is 1. The van der Waals surface area contributed by atoms with Gasteiger partial charge in [0.05, 0.1) is 0 Å². The van der Waals surface area contributed by atoms with Gasteiger partial charge in [0.15, 0.2) is 11.0 Å². The molecule has 0 unspecified atom stereocenters. The fourth-order valence-corrected chi connectivity index (χ4v) is 4.18. The molecular weight excluding hydrogens is 454 g/mol. The molecule has 0 bridgehead atoms. The molecule has 3 aromatic carbocycles. The minimum atomic E-state index is 0.704. The molecule has 0 N–H and O–H groups in total. The third-order valence-electron chi connectivity index (χ3n) is 4.28. The first kappa shape index (κ1) is 19.2. The molecule has 0 saturated carbocycles. The molecule has 4 aromatic rings. The standard InChI is InChI=1S/C22H17BrClN3S/c1-15-3-2-4-20(13-15)27-21(17-7-11-19(24)12-8-17)25-26-22(27)28-14-16-5-9-18(23)10-6-16/h2-13H,14H2,1H3. The van der Waals surface area contributed by atoms with Crippen molar-refractivity contribution in [2.24, 2.45) is 0 Å². The van der Waals surface area contributed by atoms with Gasteiger partial charge >= 0.3 is 0 Å². The van der Waals surface area contributed by atoms with Crippen LogP contribution in [0.3, 0.4) is 0 Å². The van der Waals surface area contributed by atoms with Gasteiger partial charge in [0.2, 0.25) is 0 Å². The number of benzene rings is 3. The second kappa shape index (κ2) is 8.52. The Kier molecular flexibility index (Phi) is 5.85. The molecule has 140 valence electrons. The van der Waals surface area contributed by atoms with Crippen LogP contribution < -0.4 is 0 Å². The number of hydrogen-bond acceptors (Lipinski definition) is 3. The van der Waals surface area contributed by atoms with E-state index >= 15 is 0 Å². The molecule has 0 spiro atoms. The summed E-state index contributed by atoms with van der Waals surface area (Å²) in [5, 5.41) is 10.5. The number of halogens is 2. The second-order valence-corrected chi connectivity index (χ2v) is 8.70. The largest absolute Gasteiger partial charge is 0.270 e. The summed E-state index contributed by atoms with van der Waals surface area (Å²) in [5.41, 5.74) is 4.46. The number of nitrogens with zero attached hydrogens (tertiary/aromatic N) is 3. The van der Waals surface area contributed by atoms with Crippen molar-refractivity contribution in [3.63, 3.8) is 0 Å². The van der Waals surface area contributed by atoms with Gasteiger partial charge in [0.1, 0.15) is 0 Å². The van der Waals surface area contributed by atoms with E-state index in [2.05, 4.69) is 86.1 Å². The Bertz CT molecular complexity index is 1090. The van der Waals surface area contributed by atoms with Gasteiger partial charge in [-0.3, -0.25) is 4.57 Å². The fourth-order valence-electron chi connectivity index (χ4n) is 2.88. The maximum absolute atomic E-state index is 6.06. The summed E-state index contributed by atoms with van der Waals surface area (Å²) in [6.45, 7) is 2.09. The molecule has 1 aromatic heterocycles. The van der Waals surface area contributed by atoms with E-state index in [1.807, 2.05) is 24.3 Å². The molecule has 0 fully saturated rings. The lowest BCUT2D eigenvalue weighted by Crippen LogP contribution is -2.00. The predicted molar refractivity (Wildman–Crippen MR) is 120 cm³/mol. The summed E-state index contributed by atoms with van der Waals surface area (Å²) in [6.07, 6.45) is 0. The number of hydrogen-bond donors (Lipinski definition) is 0. The minimum absolute atomic E-state index is 0.704. The molecule has 0 amide bonds. The third kappa shape index (κ3) is 4.32. The quantitative estimate of drug-likeness (QED) is 0.296. The summed E-state index contributed by atoms with van der Waals surface area (Å²) in [7, 11) is 0. The van der Waals surface area contributed by atoms with Crippen molar-refractivity contribution in [1.29, 1.82) is 0 Å². The van der Waals surface area contributed by atoms with E-state index < -0.39 is 0 Å². The lowest BCUT2D eigenvalue weighted by molar-refractivity contribution is 0.885. The lowest BCUT2D eigenvalue weighted by atomic mass is 10.2. The highest BCUT2D eigenvalue weighted by Crippen LogP contribution is 2.30. The topological polar surface area (TPSA) is 30.7 Å². The summed E-state index contributed by atoms with van der Waals surface area (Å²) in [6, 6.07) is 24.4. The van der Waals surface area contributed by atoms with Gasteiger partial charge in [0, 0.05) is 26.5 Å². The zero-order valence-electron chi connectivity index (χ0n) is 15.1. The van der Waals surface area contributed by atoms with Crippen LogP contribution >= 0.6 is 39.3 Å². The number of rotatable bonds is 5. The average molecular weight is 471 g/mol. The lowest BCUT2D eigenvalue weighted by Gasteiger charge is -2.11. The Morgan fingerprint density at radius 2 is 1.71 bits per heavy atom. The number of aromatic nitrogens is 3. The van der Waals surface area contributed by atoms with Gasteiger partial charge in [-0.1, -0.05) is 63.6 Å². The molecule has 0 atom stereocenters. The van der Waals surface area contributed by atoms with Crippen LogP contribution in [0, 0.1) is 6.92 Å².